The van der Waals surface area contributed by atoms with E-state index >= 15 is 0 Å². The number of rotatable bonds is 3. The zero-order chi connectivity index (χ0) is 13.3. The van der Waals surface area contributed by atoms with Gasteiger partial charge in [-0.05, 0) is 57.3 Å². The first kappa shape index (κ1) is 14.3. The van der Waals surface area contributed by atoms with Crippen molar-refractivity contribution >= 4 is 0 Å². The second-order valence-corrected chi connectivity index (χ2v) is 7.02. The molecule has 2 aliphatic rings. The van der Waals surface area contributed by atoms with Crippen LogP contribution in [0.25, 0.3) is 0 Å². The molecule has 1 heterocycles. The molecule has 1 saturated carbocycles. The Labute approximate surface area is 113 Å². The lowest BCUT2D eigenvalue weighted by atomic mass is 9.70. The van der Waals surface area contributed by atoms with E-state index in [1.807, 2.05) is 0 Å². The molecule has 5 atom stereocenters. The molecule has 2 heteroatoms. The Morgan fingerprint density at radius 3 is 2.39 bits per heavy atom. The molecule has 2 rings (SSSR count). The van der Waals surface area contributed by atoms with Crippen molar-refractivity contribution in [3.05, 3.63) is 0 Å². The summed E-state index contributed by atoms with van der Waals surface area (Å²) in [5, 5.41) is 0. The molecule has 2 nitrogen and oxygen atoms in total. The lowest BCUT2D eigenvalue weighted by Gasteiger charge is -2.52. The van der Waals surface area contributed by atoms with Crippen molar-refractivity contribution in [3.63, 3.8) is 0 Å². The van der Waals surface area contributed by atoms with Crippen LogP contribution in [0.3, 0.4) is 0 Å². The summed E-state index contributed by atoms with van der Waals surface area (Å²) >= 11 is 0. The summed E-state index contributed by atoms with van der Waals surface area (Å²) < 4.78 is 0. The fourth-order valence-corrected chi connectivity index (χ4v) is 4.54. The van der Waals surface area contributed by atoms with Gasteiger partial charge in [0.05, 0.1) is 0 Å². The second kappa shape index (κ2) is 5.50. The lowest BCUT2D eigenvalue weighted by molar-refractivity contribution is -0.0110. The molecule has 18 heavy (non-hydrogen) atoms. The van der Waals surface area contributed by atoms with Crippen LogP contribution in [0.2, 0.25) is 0 Å². The van der Waals surface area contributed by atoms with Gasteiger partial charge in [-0.15, -0.1) is 0 Å². The molecule has 2 fully saturated rings. The van der Waals surface area contributed by atoms with Crippen molar-refractivity contribution in [2.45, 2.75) is 83.8 Å². The first-order chi connectivity index (χ1) is 8.54. The summed E-state index contributed by atoms with van der Waals surface area (Å²) in [6.45, 7) is 10.4. The van der Waals surface area contributed by atoms with Crippen molar-refractivity contribution in [3.8, 4) is 0 Å². The maximum Gasteiger partial charge on any atom is 0.0340 e. The number of likely N-dealkylation sites (tertiary alicyclic amines) is 1. The predicted octanol–water partition coefficient (Wildman–Crippen LogP) is 3.40. The summed E-state index contributed by atoms with van der Waals surface area (Å²) in [5.41, 5.74) is 6.57. The van der Waals surface area contributed by atoms with Crippen molar-refractivity contribution in [1.29, 1.82) is 0 Å². The minimum atomic E-state index is 0.308. The van der Waals surface area contributed by atoms with Crippen LogP contribution in [0, 0.1) is 11.8 Å². The van der Waals surface area contributed by atoms with Gasteiger partial charge in [0.2, 0.25) is 0 Å². The van der Waals surface area contributed by atoms with Gasteiger partial charge in [-0.2, -0.15) is 0 Å². The van der Waals surface area contributed by atoms with Gasteiger partial charge < -0.3 is 5.73 Å². The van der Waals surface area contributed by atoms with Crippen molar-refractivity contribution in [1.82, 2.24) is 4.90 Å². The normalized spacial score (nSPS) is 46.5. The van der Waals surface area contributed by atoms with Gasteiger partial charge in [0.15, 0.2) is 0 Å². The van der Waals surface area contributed by atoms with Gasteiger partial charge in [0.1, 0.15) is 0 Å². The minimum Gasteiger partial charge on any atom is -0.329 e. The lowest BCUT2D eigenvalue weighted by Crippen LogP contribution is -2.60. The van der Waals surface area contributed by atoms with Crippen LogP contribution < -0.4 is 5.73 Å². The van der Waals surface area contributed by atoms with E-state index in [4.69, 9.17) is 5.73 Å². The fourth-order valence-electron chi connectivity index (χ4n) is 4.54. The summed E-state index contributed by atoms with van der Waals surface area (Å²) in [6.07, 6.45) is 8.02. The highest BCUT2D eigenvalue weighted by Gasteiger charge is 2.47. The minimum absolute atomic E-state index is 0.308. The summed E-state index contributed by atoms with van der Waals surface area (Å²) in [7, 11) is 0. The smallest absolute Gasteiger partial charge is 0.0340 e. The van der Waals surface area contributed by atoms with Gasteiger partial charge in [-0.25, -0.2) is 0 Å². The van der Waals surface area contributed by atoms with Crippen molar-refractivity contribution in [2.75, 3.05) is 6.54 Å². The molecule has 1 saturated heterocycles. The predicted molar refractivity (Wildman–Crippen MR) is 78.6 cm³/mol. The van der Waals surface area contributed by atoms with E-state index in [9.17, 15) is 0 Å². The van der Waals surface area contributed by atoms with Crippen LogP contribution in [0.5, 0.6) is 0 Å². The van der Waals surface area contributed by atoms with E-state index in [2.05, 4.69) is 32.6 Å². The molecule has 0 aromatic heterocycles. The summed E-state index contributed by atoms with van der Waals surface area (Å²) in [5.74, 6) is 1.70. The van der Waals surface area contributed by atoms with Gasteiger partial charge in [-0.3, -0.25) is 4.90 Å². The summed E-state index contributed by atoms with van der Waals surface area (Å²) in [4.78, 5) is 2.83. The average Bonchev–Trinajstić information content (AvgIpc) is 2.75. The SMILES string of the molecule is CCC1CCC(C)N1C1(CN)CCC(C)C(C)C1. The van der Waals surface area contributed by atoms with E-state index in [0.29, 0.717) is 5.54 Å². The Hall–Kier alpha value is -0.0800. The van der Waals surface area contributed by atoms with E-state index in [1.54, 1.807) is 0 Å². The Morgan fingerprint density at radius 2 is 1.83 bits per heavy atom. The molecule has 0 aromatic rings. The molecule has 0 aromatic carbocycles. The molecule has 0 bridgehead atoms. The highest BCUT2D eigenvalue weighted by molar-refractivity contribution is 5.03. The third kappa shape index (κ3) is 2.34. The number of nitrogens with two attached hydrogens (primary N) is 1. The molecule has 106 valence electrons. The Kier molecular flexibility index (Phi) is 4.38. The van der Waals surface area contributed by atoms with Crippen LogP contribution >= 0.6 is 0 Å². The third-order valence-electron chi connectivity index (χ3n) is 5.92. The summed E-state index contributed by atoms with van der Waals surface area (Å²) in [6, 6.07) is 1.52. The molecule has 2 N–H and O–H groups in total. The number of hydrogen-bond donors (Lipinski definition) is 1. The van der Waals surface area contributed by atoms with Crippen LogP contribution in [0.4, 0.5) is 0 Å². The van der Waals surface area contributed by atoms with Gasteiger partial charge >= 0.3 is 0 Å². The molecule has 0 radical (unpaired) electrons. The number of nitrogens with zero attached hydrogens (tertiary/aromatic N) is 1. The first-order valence-electron chi connectivity index (χ1n) is 8.02. The number of hydrogen-bond acceptors (Lipinski definition) is 2. The van der Waals surface area contributed by atoms with Gasteiger partial charge in [0, 0.05) is 24.2 Å². The Balaban J connectivity index is 2.21. The second-order valence-electron chi connectivity index (χ2n) is 7.02. The highest BCUT2D eigenvalue weighted by atomic mass is 15.3. The van der Waals surface area contributed by atoms with Gasteiger partial charge in [-0.1, -0.05) is 20.8 Å². The van der Waals surface area contributed by atoms with Crippen molar-refractivity contribution < 1.29 is 0 Å². The van der Waals surface area contributed by atoms with Crippen LogP contribution in [0.15, 0.2) is 0 Å². The molecule has 0 spiro atoms. The van der Waals surface area contributed by atoms with E-state index in [-0.39, 0.29) is 0 Å². The Bertz CT molecular complexity index is 278. The largest absolute Gasteiger partial charge is 0.329 e. The molecule has 1 aliphatic heterocycles. The zero-order valence-corrected chi connectivity index (χ0v) is 12.8. The average molecular weight is 252 g/mol. The third-order valence-corrected chi connectivity index (χ3v) is 5.92. The fraction of sp³-hybridized carbons (Fsp3) is 1.00. The van der Waals surface area contributed by atoms with E-state index < -0.39 is 0 Å². The zero-order valence-electron chi connectivity index (χ0n) is 12.8. The quantitative estimate of drug-likeness (QED) is 0.834. The van der Waals surface area contributed by atoms with Crippen LogP contribution in [-0.4, -0.2) is 29.1 Å². The van der Waals surface area contributed by atoms with Crippen LogP contribution in [0.1, 0.15) is 66.2 Å². The first-order valence-corrected chi connectivity index (χ1v) is 8.02. The molecule has 1 aliphatic carbocycles. The molecular weight excluding hydrogens is 220 g/mol. The molecule has 5 unspecified atom stereocenters. The van der Waals surface area contributed by atoms with Gasteiger partial charge in [0.25, 0.3) is 0 Å². The van der Waals surface area contributed by atoms with Crippen LogP contribution in [-0.2, 0) is 0 Å². The van der Waals surface area contributed by atoms with Crippen molar-refractivity contribution in [2.24, 2.45) is 17.6 Å². The standard InChI is InChI=1S/C16H32N2/c1-5-15-7-6-14(4)18(15)16(11-17)9-8-12(2)13(3)10-16/h12-15H,5-11,17H2,1-4H3. The maximum absolute atomic E-state index is 6.26. The van der Waals surface area contributed by atoms with E-state index in [0.717, 1.165) is 30.5 Å². The Morgan fingerprint density at radius 1 is 1.11 bits per heavy atom. The molecule has 0 amide bonds. The monoisotopic (exact) mass is 252 g/mol. The molecular formula is C16H32N2. The topological polar surface area (TPSA) is 29.3 Å². The highest BCUT2D eigenvalue weighted by Crippen LogP contribution is 2.44. The maximum atomic E-state index is 6.26. The van der Waals surface area contributed by atoms with E-state index in [1.165, 1.54) is 38.5 Å².